The summed E-state index contributed by atoms with van der Waals surface area (Å²) in [7, 11) is 0. The second-order valence-electron chi connectivity index (χ2n) is 5.21. The molecule has 0 radical (unpaired) electrons. The van der Waals surface area contributed by atoms with Crippen molar-refractivity contribution in [3.8, 4) is 0 Å². The van der Waals surface area contributed by atoms with Crippen molar-refractivity contribution in [3.63, 3.8) is 0 Å². The lowest BCUT2D eigenvalue weighted by Gasteiger charge is -2.34. The topological polar surface area (TPSA) is 37.4 Å². The van der Waals surface area contributed by atoms with Crippen molar-refractivity contribution in [2.45, 2.75) is 19.8 Å². The lowest BCUT2D eigenvalue weighted by molar-refractivity contribution is 0.0570. The van der Waals surface area contributed by atoms with Crippen LogP contribution in [0.2, 0.25) is 0 Å². The van der Waals surface area contributed by atoms with Gasteiger partial charge in [-0.2, -0.15) is 0 Å². The van der Waals surface area contributed by atoms with Crippen LogP contribution in [0.4, 0.5) is 0 Å². The van der Waals surface area contributed by atoms with Gasteiger partial charge in [0.1, 0.15) is 0 Å². The van der Waals surface area contributed by atoms with Crippen molar-refractivity contribution in [1.29, 1.82) is 0 Å². The summed E-state index contributed by atoms with van der Waals surface area (Å²) in [4.78, 5) is 25.6. The van der Waals surface area contributed by atoms with Gasteiger partial charge in [-0.15, -0.1) is 0 Å². The van der Waals surface area contributed by atoms with Crippen molar-refractivity contribution in [1.82, 2.24) is 4.90 Å². The highest BCUT2D eigenvalue weighted by Crippen LogP contribution is 2.35. The van der Waals surface area contributed by atoms with Crippen LogP contribution in [0, 0.1) is 11.8 Å². The van der Waals surface area contributed by atoms with Gasteiger partial charge in [0.2, 0.25) is 0 Å². The molecule has 3 nitrogen and oxygen atoms in total. The predicted octanol–water partition coefficient (Wildman–Crippen LogP) is 2.33. The third-order valence-electron chi connectivity index (χ3n) is 3.79. The summed E-state index contributed by atoms with van der Waals surface area (Å²) in [6.07, 6.45) is 2.26. The molecule has 2 amide bonds. The number of rotatable bonds is 2. The number of carbonyl (C=O) groups excluding carboxylic acids is 2. The molecule has 0 bridgehead atoms. The second kappa shape index (κ2) is 3.69. The summed E-state index contributed by atoms with van der Waals surface area (Å²) in [6.45, 7) is 2.80. The molecule has 1 saturated carbocycles. The summed E-state index contributed by atoms with van der Waals surface area (Å²) in [5.74, 6) is 1.01. The molecule has 0 unspecified atom stereocenters. The van der Waals surface area contributed by atoms with Crippen LogP contribution < -0.4 is 0 Å². The smallest absolute Gasteiger partial charge is 0.261 e. The number of imide groups is 1. The Hall–Kier alpha value is -1.64. The number of fused-ring (bicyclic) bond motifs is 1. The second-order valence-corrected chi connectivity index (χ2v) is 5.21. The molecule has 0 aromatic heterocycles. The van der Waals surface area contributed by atoms with E-state index in [1.807, 2.05) is 0 Å². The standard InChI is InChI=1S/C14H15NO2/c1-9-6-10(7-9)8-15-13(16)11-4-2-3-5-12(11)14(15)17/h2-5,9-10H,6-8H2,1H3. The van der Waals surface area contributed by atoms with Crippen LogP contribution in [0.25, 0.3) is 0 Å². The molecule has 0 saturated heterocycles. The van der Waals surface area contributed by atoms with E-state index in [0.29, 0.717) is 23.6 Å². The van der Waals surface area contributed by atoms with Gasteiger partial charge < -0.3 is 0 Å². The molecule has 88 valence electrons. The number of amides is 2. The fraction of sp³-hybridized carbons (Fsp3) is 0.429. The van der Waals surface area contributed by atoms with E-state index in [-0.39, 0.29) is 11.8 Å². The van der Waals surface area contributed by atoms with Gasteiger partial charge in [-0.05, 0) is 36.8 Å². The maximum absolute atomic E-state index is 12.1. The Kier molecular flexibility index (Phi) is 2.28. The van der Waals surface area contributed by atoms with E-state index in [1.54, 1.807) is 24.3 Å². The summed E-state index contributed by atoms with van der Waals surface area (Å²) in [5.41, 5.74) is 1.12. The zero-order chi connectivity index (χ0) is 12.0. The highest BCUT2D eigenvalue weighted by molar-refractivity contribution is 6.21. The van der Waals surface area contributed by atoms with Crippen molar-refractivity contribution in [3.05, 3.63) is 35.4 Å². The quantitative estimate of drug-likeness (QED) is 0.730. The molecule has 1 aromatic carbocycles. The van der Waals surface area contributed by atoms with Crippen LogP contribution in [0.5, 0.6) is 0 Å². The maximum Gasteiger partial charge on any atom is 0.261 e. The van der Waals surface area contributed by atoms with Gasteiger partial charge in [0.05, 0.1) is 11.1 Å². The van der Waals surface area contributed by atoms with Crippen LogP contribution >= 0.6 is 0 Å². The molecule has 1 aliphatic carbocycles. The normalized spacial score (nSPS) is 27.0. The fourth-order valence-corrected chi connectivity index (χ4v) is 2.88. The Bertz CT molecular complexity index is 454. The van der Waals surface area contributed by atoms with Crippen molar-refractivity contribution < 1.29 is 9.59 Å². The molecule has 1 fully saturated rings. The van der Waals surface area contributed by atoms with E-state index < -0.39 is 0 Å². The molecule has 3 heteroatoms. The molecular formula is C14H15NO2. The van der Waals surface area contributed by atoms with Gasteiger partial charge in [-0.3, -0.25) is 14.5 Å². The highest BCUT2D eigenvalue weighted by atomic mass is 16.2. The average molecular weight is 229 g/mol. The highest BCUT2D eigenvalue weighted by Gasteiger charge is 2.38. The Morgan fingerprint density at radius 3 is 2.12 bits per heavy atom. The Labute approximate surface area is 100 Å². The minimum absolute atomic E-state index is 0.120. The third kappa shape index (κ3) is 1.57. The van der Waals surface area contributed by atoms with E-state index in [4.69, 9.17) is 0 Å². The van der Waals surface area contributed by atoms with Gasteiger partial charge in [-0.1, -0.05) is 19.1 Å². The lowest BCUT2D eigenvalue weighted by Crippen LogP contribution is -2.38. The van der Waals surface area contributed by atoms with Crippen LogP contribution in [0.1, 0.15) is 40.5 Å². The summed E-state index contributed by atoms with van der Waals surface area (Å²) < 4.78 is 0. The van der Waals surface area contributed by atoms with Crippen LogP contribution in [-0.4, -0.2) is 23.3 Å². The van der Waals surface area contributed by atoms with E-state index in [0.717, 1.165) is 18.8 Å². The molecular weight excluding hydrogens is 214 g/mol. The lowest BCUT2D eigenvalue weighted by atomic mass is 9.76. The SMILES string of the molecule is CC1CC(CN2C(=O)c3ccccc3C2=O)C1. The van der Waals surface area contributed by atoms with Gasteiger partial charge in [0, 0.05) is 6.54 Å². The zero-order valence-electron chi connectivity index (χ0n) is 9.85. The summed E-state index contributed by atoms with van der Waals surface area (Å²) in [5, 5.41) is 0. The summed E-state index contributed by atoms with van der Waals surface area (Å²) in [6, 6.07) is 7.08. The van der Waals surface area contributed by atoms with Gasteiger partial charge >= 0.3 is 0 Å². The molecule has 1 aliphatic heterocycles. The minimum Gasteiger partial charge on any atom is -0.274 e. The minimum atomic E-state index is -0.120. The third-order valence-corrected chi connectivity index (χ3v) is 3.79. The first-order valence-corrected chi connectivity index (χ1v) is 6.12. The predicted molar refractivity (Wildman–Crippen MR) is 63.7 cm³/mol. The number of hydrogen-bond acceptors (Lipinski definition) is 2. The van der Waals surface area contributed by atoms with E-state index >= 15 is 0 Å². The zero-order valence-corrected chi connectivity index (χ0v) is 9.85. The average Bonchev–Trinajstić information content (AvgIpc) is 2.53. The first-order chi connectivity index (χ1) is 8.16. The van der Waals surface area contributed by atoms with Crippen LogP contribution in [-0.2, 0) is 0 Å². The monoisotopic (exact) mass is 229 g/mol. The molecule has 1 heterocycles. The van der Waals surface area contributed by atoms with Crippen molar-refractivity contribution in [2.24, 2.45) is 11.8 Å². The molecule has 0 N–H and O–H groups in total. The number of benzene rings is 1. The molecule has 0 atom stereocenters. The fourth-order valence-electron chi connectivity index (χ4n) is 2.88. The van der Waals surface area contributed by atoms with Crippen molar-refractivity contribution >= 4 is 11.8 Å². The van der Waals surface area contributed by atoms with E-state index in [1.165, 1.54) is 4.90 Å². The van der Waals surface area contributed by atoms with E-state index in [9.17, 15) is 9.59 Å². The first kappa shape index (κ1) is 10.5. The van der Waals surface area contributed by atoms with E-state index in [2.05, 4.69) is 6.92 Å². The molecule has 0 spiro atoms. The molecule has 1 aromatic rings. The molecule has 17 heavy (non-hydrogen) atoms. The molecule has 2 aliphatic rings. The number of nitrogens with zero attached hydrogens (tertiary/aromatic N) is 1. The number of carbonyl (C=O) groups is 2. The Morgan fingerprint density at radius 2 is 1.65 bits per heavy atom. The van der Waals surface area contributed by atoms with Crippen LogP contribution in [0.15, 0.2) is 24.3 Å². The Balaban J connectivity index is 1.81. The van der Waals surface area contributed by atoms with Crippen LogP contribution in [0.3, 0.4) is 0 Å². The van der Waals surface area contributed by atoms with Gasteiger partial charge in [-0.25, -0.2) is 0 Å². The van der Waals surface area contributed by atoms with Gasteiger partial charge in [0.25, 0.3) is 11.8 Å². The van der Waals surface area contributed by atoms with Crippen molar-refractivity contribution in [2.75, 3.05) is 6.54 Å². The Morgan fingerprint density at radius 1 is 1.12 bits per heavy atom. The largest absolute Gasteiger partial charge is 0.274 e. The first-order valence-electron chi connectivity index (χ1n) is 6.12. The van der Waals surface area contributed by atoms with Gasteiger partial charge in [0.15, 0.2) is 0 Å². The summed E-state index contributed by atoms with van der Waals surface area (Å²) >= 11 is 0. The number of hydrogen-bond donors (Lipinski definition) is 0. The molecule has 3 rings (SSSR count). The maximum atomic E-state index is 12.1.